The van der Waals surface area contributed by atoms with Crippen LogP contribution in [-0.2, 0) is 35.3 Å². The molecule has 0 radical (unpaired) electrons. The lowest BCUT2D eigenvalue weighted by atomic mass is 10.1. The third-order valence-corrected chi connectivity index (χ3v) is 6.40. The number of benzene rings is 1. The summed E-state index contributed by atoms with van der Waals surface area (Å²) in [5.41, 5.74) is 0.834. The smallest absolute Gasteiger partial charge is 0.332 e. The zero-order chi connectivity index (χ0) is 26.6. The quantitative estimate of drug-likeness (QED) is 0.381. The fourth-order valence-electron chi connectivity index (χ4n) is 4.56. The van der Waals surface area contributed by atoms with Gasteiger partial charge in [0, 0.05) is 24.9 Å². The van der Waals surface area contributed by atoms with Crippen LogP contribution in [0.2, 0.25) is 0 Å². The van der Waals surface area contributed by atoms with Crippen LogP contribution in [-0.4, -0.2) is 49.2 Å². The van der Waals surface area contributed by atoms with Gasteiger partial charge in [-0.15, -0.1) is 0 Å². The Bertz CT molecular complexity index is 1360. The maximum absolute atomic E-state index is 13.6. The molecule has 2 aliphatic heterocycles. The number of halogens is 6. The standard InChI is InChI=1S/C22H18F6N6O3/c1-10-7-34-16(9-32(10)17(35)4-11-2-13(23)19(25)14(24)3-11)15(6-29-34)33-8-12(5-18(33)36)20-30-21(37-31-20)22(26,27)28/h2-3,6,10,12H,4-5,7-9H2,1H3/t10-,12?/m0/s1. The molecule has 4 heterocycles. The van der Waals surface area contributed by atoms with Gasteiger partial charge in [0.2, 0.25) is 11.8 Å². The highest BCUT2D eigenvalue weighted by Crippen LogP contribution is 2.36. The molecule has 0 aliphatic carbocycles. The molecule has 1 saturated heterocycles. The Morgan fingerprint density at radius 2 is 1.86 bits per heavy atom. The first-order valence-electron chi connectivity index (χ1n) is 11.1. The van der Waals surface area contributed by atoms with Gasteiger partial charge in [0.05, 0.1) is 37.1 Å². The lowest BCUT2D eigenvalue weighted by molar-refractivity contribution is -0.159. The lowest BCUT2D eigenvalue weighted by Crippen LogP contribution is -2.46. The molecular weight excluding hydrogens is 510 g/mol. The predicted molar refractivity (Wildman–Crippen MR) is 111 cm³/mol. The maximum Gasteiger partial charge on any atom is 0.471 e. The number of aromatic nitrogens is 4. The molecule has 5 rings (SSSR count). The average Bonchev–Trinajstić information content (AvgIpc) is 3.54. The second-order valence-electron chi connectivity index (χ2n) is 8.94. The zero-order valence-electron chi connectivity index (χ0n) is 19.1. The fourth-order valence-corrected chi connectivity index (χ4v) is 4.56. The van der Waals surface area contributed by atoms with Gasteiger partial charge in [0.1, 0.15) is 0 Å². The molecule has 9 nitrogen and oxygen atoms in total. The Labute approximate surface area is 204 Å². The first-order chi connectivity index (χ1) is 17.4. The van der Waals surface area contributed by atoms with Crippen molar-refractivity contribution in [3.8, 4) is 0 Å². The zero-order valence-corrected chi connectivity index (χ0v) is 19.1. The number of hydrogen-bond donors (Lipinski definition) is 0. The van der Waals surface area contributed by atoms with Crippen LogP contribution in [0.4, 0.5) is 32.0 Å². The molecule has 2 atom stereocenters. The Morgan fingerprint density at radius 1 is 1.16 bits per heavy atom. The topological polar surface area (TPSA) is 97.4 Å². The van der Waals surface area contributed by atoms with Crippen LogP contribution in [0.15, 0.2) is 22.9 Å². The van der Waals surface area contributed by atoms with E-state index in [4.69, 9.17) is 0 Å². The second-order valence-corrected chi connectivity index (χ2v) is 8.94. The summed E-state index contributed by atoms with van der Waals surface area (Å²) in [6.07, 6.45) is -3.91. The summed E-state index contributed by atoms with van der Waals surface area (Å²) >= 11 is 0. The molecule has 1 aromatic carbocycles. The van der Waals surface area contributed by atoms with Crippen LogP contribution in [0.5, 0.6) is 0 Å². The van der Waals surface area contributed by atoms with Crippen molar-refractivity contribution in [2.45, 2.75) is 51.0 Å². The molecule has 2 aliphatic rings. The van der Waals surface area contributed by atoms with Crippen LogP contribution < -0.4 is 4.90 Å². The summed E-state index contributed by atoms with van der Waals surface area (Å²) in [6.45, 7) is 2.00. The SMILES string of the molecule is C[C@H]1Cn2ncc(N3CC(c4noc(C(F)(F)F)n4)CC3=O)c2CN1C(=O)Cc1cc(F)c(F)c(F)c1. The summed E-state index contributed by atoms with van der Waals surface area (Å²) < 4.78 is 84.7. The van der Waals surface area contributed by atoms with Gasteiger partial charge in [-0.1, -0.05) is 5.16 Å². The third kappa shape index (κ3) is 4.53. The average molecular weight is 528 g/mol. The van der Waals surface area contributed by atoms with Crippen molar-refractivity contribution in [1.82, 2.24) is 24.8 Å². The normalized spacial score (nSPS) is 20.0. The molecule has 2 aromatic heterocycles. The molecule has 2 amide bonds. The summed E-state index contributed by atoms with van der Waals surface area (Å²) in [6, 6.07) is 1.16. The lowest BCUT2D eigenvalue weighted by Gasteiger charge is -2.35. The van der Waals surface area contributed by atoms with Crippen molar-refractivity contribution < 1.29 is 40.5 Å². The highest BCUT2D eigenvalue weighted by molar-refractivity contribution is 5.97. The minimum atomic E-state index is -4.81. The van der Waals surface area contributed by atoms with Crippen molar-refractivity contribution in [2.24, 2.45) is 0 Å². The van der Waals surface area contributed by atoms with Crippen molar-refractivity contribution in [1.29, 1.82) is 0 Å². The first kappa shape index (κ1) is 24.8. The number of fused-ring (bicyclic) bond motifs is 1. The summed E-state index contributed by atoms with van der Waals surface area (Å²) in [5.74, 6) is -7.79. The van der Waals surface area contributed by atoms with E-state index in [0.717, 1.165) is 12.1 Å². The van der Waals surface area contributed by atoms with E-state index >= 15 is 0 Å². The number of carbonyl (C=O) groups is 2. The number of rotatable bonds is 4. The van der Waals surface area contributed by atoms with Crippen LogP contribution in [0.3, 0.4) is 0 Å². The van der Waals surface area contributed by atoms with Crippen molar-refractivity contribution in [2.75, 3.05) is 11.4 Å². The molecule has 3 aromatic rings. The van der Waals surface area contributed by atoms with E-state index < -0.39 is 47.3 Å². The van der Waals surface area contributed by atoms with E-state index in [2.05, 4.69) is 19.8 Å². The van der Waals surface area contributed by atoms with Gasteiger partial charge in [-0.2, -0.15) is 23.3 Å². The van der Waals surface area contributed by atoms with Gasteiger partial charge in [-0.05, 0) is 24.6 Å². The molecule has 0 bridgehead atoms. The molecule has 0 N–H and O–H groups in total. The fraction of sp³-hybridized carbons (Fsp3) is 0.409. The van der Waals surface area contributed by atoms with Crippen LogP contribution >= 0.6 is 0 Å². The predicted octanol–water partition coefficient (Wildman–Crippen LogP) is 3.20. The van der Waals surface area contributed by atoms with Crippen LogP contribution in [0.25, 0.3) is 0 Å². The van der Waals surface area contributed by atoms with Crippen LogP contribution in [0.1, 0.15) is 42.2 Å². The summed E-state index contributed by atoms with van der Waals surface area (Å²) in [5, 5.41) is 7.65. The van der Waals surface area contributed by atoms with E-state index in [9.17, 15) is 35.9 Å². The Balaban J connectivity index is 1.34. The monoisotopic (exact) mass is 528 g/mol. The Kier molecular flexibility index (Phi) is 5.95. The number of amides is 2. The van der Waals surface area contributed by atoms with Crippen molar-refractivity contribution in [3.63, 3.8) is 0 Å². The van der Waals surface area contributed by atoms with Gasteiger partial charge >= 0.3 is 12.1 Å². The highest BCUT2D eigenvalue weighted by Gasteiger charge is 2.42. The first-order valence-corrected chi connectivity index (χ1v) is 11.1. The van der Waals surface area contributed by atoms with Gasteiger partial charge < -0.3 is 14.3 Å². The van der Waals surface area contributed by atoms with E-state index in [1.54, 1.807) is 11.6 Å². The minimum absolute atomic E-state index is 0.0103. The van der Waals surface area contributed by atoms with Gasteiger partial charge in [0.25, 0.3) is 0 Å². The van der Waals surface area contributed by atoms with E-state index in [0.29, 0.717) is 11.4 Å². The van der Waals surface area contributed by atoms with E-state index in [1.165, 1.54) is 16.0 Å². The number of hydrogen-bond acceptors (Lipinski definition) is 6. The number of alkyl halides is 3. The number of carbonyl (C=O) groups excluding carboxylic acids is 2. The highest BCUT2D eigenvalue weighted by atomic mass is 19.4. The molecule has 0 spiro atoms. The van der Waals surface area contributed by atoms with E-state index in [1.807, 2.05) is 0 Å². The number of anilines is 1. The third-order valence-electron chi connectivity index (χ3n) is 6.40. The van der Waals surface area contributed by atoms with Gasteiger partial charge in [0.15, 0.2) is 23.3 Å². The van der Waals surface area contributed by atoms with Crippen molar-refractivity contribution in [3.05, 3.63) is 58.8 Å². The van der Waals surface area contributed by atoms with Gasteiger partial charge in [-0.3, -0.25) is 14.3 Å². The minimum Gasteiger partial charge on any atom is -0.332 e. The summed E-state index contributed by atoms with van der Waals surface area (Å²) in [7, 11) is 0. The molecular formula is C22H18F6N6O3. The maximum atomic E-state index is 13.6. The molecule has 196 valence electrons. The van der Waals surface area contributed by atoms with Gasteiger partial charge in [-0.25, -0.2) is 13.2 Å². The summed E-state index contributed by atoms with van der Waals surface area (Å²) in [4.78, 5) is 31.9. The largest absolute Gasteiger partial charge is 0.471 e. The molecule has 15 heteroatoms. The molecule has 0 saturated carbocycles. The van der Waals surface area contributed by atoms with E-state index in [-0.39, 0.29) is 49.9 Å². The Hall–Kier alpha value is -3.91. The molecule has 1 unspecified atom stereocenters. The molecule has 1 fully saturated rings. The Morgan fingerprint density at radius 3 is 2.51 bits per heavy atom. The van der Waals surface area contributed by atoms with Crippen LogP contribution in [0, 0.1) is 17.5 Å². The number of nitrogens with zero attached hydrogens (tertiary/aromatic N) is 6. The molecule has 37 heavy (non-hydrogen) atoms. The second kappa shape index (κ2) is 8.88. The van der Waals surface area contributed by atoms with Crippen molar-refractivity contribution >= 4 is 17.5 Å².